The van der Waals surface area contributed by atoms with Crippen LogP contribution in [0.15, 0.2) is 23.1 Å². The second-order valence-electron chi connectivity index (χ2n) is 6.86. The molecule has 0 spiro atoms. The summed E-state index contributed by atoms with van der Waals surface area (Å²) in [6.07, 6.45) is 6.51. The number of piperazine rings is 1. The summed E-state index contributed by atoms with van der Waals surface area (Å²) in [6, 6.07) is 5.83. The average Bonchev–Trinajstić information content (AvgIpc) is 2.62. The molecule has 0 amide bonds. The number of benzene rings is 1. The summed E-state index contributed by atoms with van der Waals surface area (Å²) in [5.41, 5.74) is 0.740. The molecule has 1 heterocycles. The predicted octanol–water partition coefficient (Wildman–Crippen LogP) is 2.64. The van der Waals surface area contributed by atoms with Crippen LogP contribution in [0.5, 0.6) is 5.75 Å². The van der Waals surface area contributed by atoms with E-state index < -0.39 is 10.0 Å². The van der Waals surface area contributed by atoms with Crippen molar-refractivity contribution >= 4 is 10.0 Å². The minimum absolute atomic E-state index is 0.398. The number of sulfonamides is 1. The summed E-state index contributed by atoms with van der Waals surface area (Å²) in [5.74, 6) is 0.688. The van der Waals surface area contributed by atoms with Crippen LogP contribution in [0.3, 0.4) is 0 Å². The maximum Gasteiger partial charge on any atom is 0.243 e. The molecule has 0 N–H and O–H groups in total. The standard InChI is InChI=1S/C18H28N2O3S/c1-15-14-17(23-2)8-9-18(15)24(21,22)20-12-10-19(11-13-20)16-6-4-3-5-7-16/h8-9,14,16H,3-7,10-13H2,1-2H3. The Hall–Kier alpha value is -1.11. The molecule has 2 aliphatic rings. The van der Waals surface area contributed by atoms with Gasteiger partial charge in [0, 0.05) is 32.2 Å². The summed E-state index contributed by atoms with van der Waals surface area (Å²) >= 11 is 0. The number of aryl methyl sites for hydroxylation is 1. The van der Waals surface area contributed by atoms with Gasteiger partial charge in [0.15, 0.2) is 0 Å². The van der Waals surface area contributed by atoms with Crippen LogP contribution in [-0.4, -0.2) is 57.0 Å². The van der Waals surface area contributed by atoms with Gasteiger partial charge in [0.25, 0.3) is 0 Å². The summed E-state index contributed by atoms with van der Waals surface area (Å²) in [6.45, 7) is 4.69. The molecule has 2 fully saturated rings. The van der Waals surface area contributed by atoms with Crippen LogP contribution in [0.4, 0.5) is 0 Å². The fraction of sp³-hybridized carbons (Fsp3) is 0.667. The van der Waals surface area contributed by atoms with E-state index in [0.717, 1.165) is 18.7 Å². The highest BCUT2D eigenvalue weighted by Crippen LogP contribution is 2.27. The van der Waals surface area contributed by atoms with Gasteiger partial charge in [-0.25, -0.2) is 8.42 Å². The van der Waals surface area contributed by atoms with Crippen molar-refractivity contribution in [2.24, 2.45) is 0 Å². The van der Waals surface area contributed by atoms with Crippen molar-refractivity contribution < 1.29 is 13.2 Å². The van der Waals surface area contributed by atoms with Gasteiger partial charge >= 0.3 is 0 Å². The van der Waals surface area contributed by atoms with Gasteiger partial charge in [0.1, 0.15) is 5.75 Å². The van der Waals surface area contributed by atoms with E-state index >= 15 is 0 Å². The minimum Gasteiger partial charge on any atom is -0.497 e. The van der Waals surface area contributed by atoms with Gasteiger partial charge in [-0.15, -0.1) is 0 Å². The Morgan fingerprint density at radius 3 is 2.29 bits per heavy atom. The quantitative estimate of drug-likeness (QED) is 0.836. The zero-order valence-corrected chi connectivity index (χ0v) is 15.5. The second-order valence-corrected chi connectivity index (χ2v) is 8.77. The van der Waals surface area contributed by atoms with Gasteiger partial charge in [0.2, 0.25) is 10.0 Å². The van der Waals surface area contributed by atoms with E-state index in [1.54, 1.807) is 29.6 Å². The van der Waals surface area contributed by atoms with Crippen LogP contribution in [0.1, 0.15) is 37.7 Å². The van der Waals surface area contributed by atoms with Crippen molar-refractivity contribution in [1.82, 2.24) is 9.21 Å². The van der Waals surface area contributed by atoms with Gasteiger partial charge in [-0.1, -0.05) is 19.3 Å². The molecule has 5 nitrogen and oxygen atoms in total. The van der Waals surface area contributed by atoms with Crippen molar-refractivity contribution in [1.29, 1.82) is 0 Å². The fourth-order valence-corrected chi connectivity index (χ4v) is 5.56. The zero-order valence-electron chi connectivity index (χ0n) is 14.7. The summed E-state index contributed by atoms with van der Waals surface area (Å²) in [5, 5.41) is 0. The Balaban J connectivity index is 1.68. The normalized spacial score (nSPS) is 21.8. The maximum absolute atomic E-state index is 13.0. The molecule has 3 rings (SSSR count). The van der Waals surface area contributed by atoms with Crippen LogP contribution < -0.4 is 4.74 Å². The molecule has 6 heteroatoms. The van der Waals surface area contributed by atoms with Crippen LogP contribution in [0.2, 0.25) is 0 Å². The van der Waals surface area contributed by atoms with Crippen LogP contribution in [-0.2, 0) is 10.0 Å². The molecular weight excluding hydrogens is 324 g/mol. The first kappa shape index (κ1) is 17.7. The number of ether oxygens (including phenoxy) is 1. The van der Waals surface area contributed by atoms with Crippen LogP contribution >= 0.6 is 0 Å². The van der Waals surface area contributed by atoms with E-state index in [1.807, 2.05) is 6.92 Å². The zero-order chi connectivity index (χ0) is 17.2. The van der Waals surface area contributed by atoms with Crippen LogP contribution in [0, 0.1) is 6.92 Å². The Labute approximate surface area is 145 Å². The van der Waals surface area contributed by atoms with Crippen molar-refractivity contribution in [2.75, 3.05) is 33.3 Å². The highest BCUT2D eigenvalue weighted by atomic mass is 32.2. The molecule has 1 saturated heterocycles. The number of rotatable bonds is 4. The SMILES string of the molecule is COc1ccc(S(=O)(=O)N2CCN(C3CCCCC3)CC2)c(C)c1. The van der Waals surface area contributed by atoms with Gasteiger partial charge in [-0.3, -0.25) is 4.90 Å². The third kappa shape index (κ3) is 3.60. The van der Waals surface area contributed by atoms with E-state index in [0.29, 0.717) is 29.8 Å². The Morgan fingerprint density at radius 2 is 1.71 bits per heavy atom. The van der Waals surface area contributed by atoms with E-state index in [1.165, 1.54) is 32.1 Å². The molecule has 0 aromatic heterocycles. The van der Waals surface area contributed by atoms with Crippen molar-refractivity contribution in [2.45, 2.75) is 50.0 Å². The lowest BCUT2D eigenvalue weighted by Crippen LogP contribution is -2.52. The molecule has 0 unspecified atom stereocenters. The first-order chi connectivity index (χ1) is 11.5. The Kier molecular flexibility index (Phi) is 5.47. The molecular formula is C18H28N2O3S. The number of hydrogen-bond donors (Lipinski definition) is 0. The molecule has 0 bridgehead atoms. The molecule has 1 aliphatic heterocycles. The predicted molar refractivity (Wildman–Crippen MR) is 94.9 cm³/mol. The number of nitrogens with zero attached hydrogens (tertiary/aromatic N) is 2. The summed E-state index contributed by atoms with van der Waals surface area (Å²) in [7, 11) is -1.83. The highest BCUT2D eigenvalue weighted by molar-refractivity contribution is 7.89. The number of hydrogen-bond acceptors (Lipinski definition) is 4. The third-order valence-corrected chi connectivity index (χ3v) is 7.42. The lowest BCUT2D eigenvalue weighted by molar-refractivity contribution is 0.111. The van der Waals surface area contributed by atoms with Gasteiger partial charge in [-0.05, 0) is 43.5 Å². The van der Waals surface area contributed by atoms with E-state index in [9.17, 15) is 8.42 Å². The third-order valence-electron chi connectivity index (χ3n) is 5.36. The lowest BCUT2D eigenvalue weighted by Gasteiger charge is -2.40. The summed E-state index contributed by atoms with van der Waals surface area (Å²) in [4.78, 5) is 2.89. The monoisotopic (exact) mass is 352 g/mol. The number of methoxy groups -OCH3 is 1. The topological polar surface area (TPSA) is 49.9 Å². The second kappa shape index (κ2) is 7.42. The Morgan fingerprint density at radius 1 is 1.04 bits per heavy atom. The van der Waals surface area contributed by atoms with Gasteiger partial charge in [0.05, 0.1) is 12.0 Å². The maximum atomic E-state index is 13.0. The van der Waals surface area contributed by atoms with Crippen molar-refractivity contribution in [3.63, 3.8) is 0 Å². The van der Waals surface area contributed by atoms with E-state index in [2.05, 4.69) is 4.90 Å². The molecule has 134 valence electrons. The first-order valence-corrected chi connectivity index (χ1v) is 10.4. The smallest absolute Gasteiger partial charge is 0.243 e. The lowest BCUT2D eigenvalue weighted by atomic mass is 9.94. The first-order valence-electron chi connectivity index (χ1n) is 8.91. The molecule has 1 aromatic rings. The molecule has 24 heavy (non-hydrogen) atoms. The minimum atomic E-state index is -3.42. The van der Waals surface area contributed by atoms with E-state index in [-0.39, 0.29) is 0 Å². The molecule has 0 atom stereocenters. The molecule has 1 saturated carbocycles. The summed E-state index contributed by atoms with van der Waals surface area (Å²) < 4.78 is 32.7. The van der Waals surface area contributed by atoms with Crippen molar-refractivity contribution in [3.8, 4) is 5.75 Å². The molecule has 1 aromatic carbocycles. The highest BCUT2D eigenvalue weighted by Gasteiger charge is 2.32. The fourth-order valence-electron chi connectivity index (χ4n) is 3.93. The molecule has 0 radical (unpaired) electrons. The molecule has 1 aliphatic carbocycles. The van der Waals surface area contributed by atoms with Crippen LogP contribution in [0.25, 0.3) is 0 Å². The van der Waals surface area contributed by atoms with E-state index in [4.69, 9.17) is 4.74 Å². The Bertz CT molecular complexity index is 661. The van der Waals surface area contributed by atoms with Crippen molar-refractivity contribution in [3.05, 3.63) is 23.8 Å². The average molecular weight is 353 g/mol. The van der Waals surface area contributed by atoms with Gasteiger partial charge < -0.3 is 4.74 Å². The largest absolute Gasteiger partial charge is 0.497 e. The van der Waals surface area contributed by atoms with Gasteiger partial charge in [-0.2, -0.15) is 4.31 Å².